The molecule has 0 radical (unpaired) electrons. The summed E-state index contributed by atoms with van der Waals surface area (Å²) in [6.07, 6.45) is 2.05. The Labute approximate surface area is 91.2 Å². The fourth-order valence-electron chi connectivity index (χ4n) is 1.21. The number of hydrogen-bond donors (Lipinski definition) is 0. The van der Waals surface area contributed by atoms with Crippen molar-refractivity contribution < 1.29 is 17.9 Å². The van der Waals surface area contributed by atoms with Crippen molar-refractivity contribution in [3.05, 3.63) is 11.5 Å². The highest BCUT2D eigenvalue weighted by molar-refractivity contribution is 7.94. The third-order valence-electron chi connectivity index (χ3n) is 2.49. The van der Waals surface area contributed by atoms with Gasteiger partial charge in [-0.25, -0.2) is 8.42 Å². The van der Waals surface area contributed by atoms with Gasteiger partial charge in [-0.15, -0.1) is 0 Å². The summed E-state index contributed by atoms with van der Waals surface area (Å²) in [7, 11) is -1.35. The summed E-state index contributed by atoms with van der Waals surface area (Å²) >= 11 is 0. The summed E-state index contributed by atoms with van der Waals surface area (Å²) in [4.78, 5) is 0. The molecule has 1 heterocycles. The molecule has 0 aromatic heterocycles. The van der Waals surface area contributed by atoms with Crippen LogP contribution in [0.3, 0.4) is 0 Å². The molecule has 0 amide bonds. The van der Waals surface area contributed by atoms with E-state index in [0.29, 0.717) is 6.61 Å². The first-order valence-corrected chi connectivity index (χ1v) is 6.64. The maximum Gasteiger partial charge on any atom is 0.174 e. The van der Waals surface area contributed by atoms with Crippen molar-refractivity contribution in [3.8, 4) is 0 Å². The first-order chi connectivity index (χ1) is 6.85. The van der Waals surface area contributed by atoms with E-state index >= 15 is 0 Å². The zero-order valence-corrected chi connectivity index (χ0v) is 10.2. The molecule has 15 heavy (non-hydrogen) atoms. The summed E-state index contributed by atoms with van der Waals surface area (Å²) in [6, 6.07) is 0. The summed E-state index contributed by atoms with van der Waals surface area (Å²) < 4.78 is 32.8. The Hall–Kier alpha value is -0.390. The van der Waals surface area contributed by atoms with Gasteiger partial charge in [0.1, 0.15) is 0 Å². The second-order valence-electron chi connectivity index (χ2n) is 4.28. The van der Waals surface area contributed by atoms with Crippen LogP contribution in [0.1, 0.15) is 20.3 Å². The van der Waals surface area contributed by atoms with Crippen molar-refractivity contribution >= 4 is 9.84 Å². The molecule has 0 bridgehead atoms. The topological polar surface area (TPSA) is 52.6 Å². The number of methoxy groups -OCH3 is 1. The van der Waals surface area contributed by atoms with Crippen molar-refractivity contribution in [2.45, 2.75) is 32.0 Å². The van der Waals surface area contributed by atoms with Gasteiger partial charge in [0.2, 0.25) is 0 Å². The molecule has 5 heteroatoms. The summed E-state index contributed by atoms with van der Waals surface area (Å²) in [5, 5.41) is 1.22. The van der Waals surface area contributed by atoms with Gasteiger partial charge in [0.05, 0.1) is 24.1 Å². The highest BCUT2D eigenvalue weighted by Crippen LogP contribution is 2.16. The van der Waals surface area contributed by atoms with Gasteiger partial charge in [-0.3, -0.25) is 0 Å². The Bertz CT molecular complexity index is 329. The van der Waals surface area contributed by atoms with Crippen molar-refractivity contribution in [2.75, 3.05) is 19.5 Å². The molecule has 1 rings (SSSR count). The lowest BCUT2D eigenvalue weighted by Gasteiger charge is -2.23. The Morgan fingerprint density at radius 1 is 1.47 bits per heavy atom. The molecule has 0 saturated heterocycles. The maximum absolute atomic E-state index is 11.1. The second-order valence-corrected chi connectivity index (χ2v) is 6.21. The number of hydrogen-bond acceptors (Lipinski definition) is 4. The van der Waals surface area contributed by atoms with Crippen molar-refractivity contribution in [1.29, 1.82) is 0 Å². The van der Waals surface area contributed by atoms with E-state index in [0.717, 1.165) is 6.42 Å². The van der Waals surface area contributed by atoms with E-state index in [1.165, 1.54) is 5.41 Å². The van der Waals surface area contributed by atoms with Crippen LogP contribution in [0.15, 0.2) is 11.5 Å². The molecule has 1 unspecified atom stereocenters. The molecule has 1 atom stereocenters. The number of sulfone groups is 1. The van der Waals surface area contributed by atoms with Crippen LogP contribution in [0.2, 0.25) is 0 Å². The lowest BCUT2D eigenvalue weighted by Crippen LogP contribution is -2.26. The minimum atomic E-state index is -3.00. The molecule has 0 saturated carbocycles. The van der Waals surface area contributed by atoms with E-state index in [1.54, 1.807) is 13.2 Å². The zero-order chi connectivity index (χ0) is 11.5. The Kier molecular flexibility index (Phi) is 3.92. The third-order valence-corrected chi connectivity index (χ3v) is 3.85. The lowest BCUT2D eigenvalue weighted by atomic mass is 10.1. The minimum absolute atomic E-state index is 0.0699. The van der Waals surface area contributed by atoms with E-state index in [4.69, 9.17) is 9.47 Å². The summed E-state index contributed by atoms with van der Waals surface area (Å²) in [6.45, 7) is 4.44. The monoisotopic (exact) mass is 234 g/mol. The third kappa shape index (κ3) is 4.32. The fourth-order valence-corrected chi connectivity index (χ4v) is 2.40. The van der Waals surface area contributed by atoms with Crippen molar-refractivity contribution in [3.63, 3.8) is 0 Å². The SMILES string of the molecule is COC(C)(C)CCOC1C=CS(=O)(=O)C1. The summed E-state index contributed by atoms with van der Waals surface area (Å²) in [5.74, 6) is 0.0699. The molecule has 0 aliphatic carbocycles. The van der Waals surface area contributed by atoms with Crippen LogP contribution in [0, 0.1) is 0 Å². The Morgan fingerprint density at radius 3 is 2.60 bits per heavy atom. The predicted molar refractivity (Wildman–Crippen MR) is 58.4 cm³/mol. The van der Waals surface area contributed by atoms with Crippen molar-refractivity contribution in [1.82, 2.24) is 0 Å². The van der Waals surface area contributed by atoms with Crippen LogP contribution >= 0.6 is 0 Å². The first kappa shape index (κ1) is 12.7. The molecule has 88 valence electrons. The van der Waals surface area contributed by atoms with Crippen LogP contribution in [0.5, 0.6) is 0 Å². The van der Waals surface area contributed by atoms with Gasteiger partial charge >= 0.3 is 0 Å². The molecule has 1 aliphatic rings. The van der Waals surface area contributed by atoms with Crippen LogP contribution in [0.25, 0.3) is 0 Å². The second kappa shape index (κ2) is 4.63. The van der Waals surface area contributed by atoms with Gasteiger partial charge in [-0.2, -0.15) is 0 Å². The average Bonchev–Trinajstić information content (AvgIpc) is 2.45. The molecule has 0 N–H and O–H groups in total. The molecular weight excluding hydrogens is 216 g/mol. The smallest absolute Gasteiger partial charge is 0.174 e. The van der Waals surface area contributed by atoms with Crippen LogP contribution < -0.4 is 0 Å². The van der Waals surface area contributed by atoms with Gasteiger partial charge in [-0.1, -0.05) is 0 Å². The molecule has 0 fully saturated rings. The highest BCUT2D eigenvalue weighted by atomic mass is 32.2. The minimum Gasteiger partial charge on any atom is -0.379 e. The zero-order valence-electron chi connectivity index (χ0n) is 9.39. The van der Waals surface area contributed by atoms with Crippen LogP contribution in [0.4, 0.5) is 0 Å². The average molecular weight is 234 g/mol. The first-order valence-electron chi connectivity index (χ1n) is 4.92. The van der Waals surface area contributed by atoms with Crippen molar-refractivity contribution in [2.24, 2.45) is 0 Å². The van der Waals surface area contributed by atoms with Crippen LogP contribution in [-0.4, -0.2) is 39.6 Å². The van der Waals surface area contributed by atoms with E-state index in [2.05, 4.69) is 0 Å². The molecule has 4 nitrogen and oxygen atoms in total. The van der Waals surface area contributed by atoms with Gasteiger partial charge in [0, 0.05) is 12.5 Å². The molecule has 0 aromatic rings. The predicted octanol–water partition coefficient (Wildman–Crippen LogP) is 1.13. The Morgan fingerprint density at radius 2 is 2.13 bits per heavy atom. The van der Waals surface area contributed by atoms with Gasteiger partial charge in [-0.05, 0) is 26.3 Å². The quantitative estimate of drug-likeness (QED) is 0.715. The largest absolute Gasteiger partial charge is 0.379 e. The van der Waals surface area contributed by atoms with Gasteiger partial charge < -0.3 is 9.47 Å². The number of rotatable bonds is 5. The maximum atomic E-state index is 11.1. The Balaban J connectivity index is 2.26. The van der Waals surface area contributed by atoms with E-state index in [1.807, 2.05) is 13.8 Å². The molecule has 0 spiro atoms. The van der Waals surface area contributed by atoms with Crippen LogP contribution in [-0.2, 0) is 19.3 Å². The fraction of sp³-hybridized carbons (Fsp3) is 0.800. The van der Waals surface area contributed by atoms with E-state index in [-0.39, 0.29) is 17.5 Å². The standard InChI is InChI=1S/C10H18O4S/c1-10(2,13-3)5-6-14-9-4-7-15(11,12)8-9/h4,7,9H,5-6,8H2,1-3H3. The molecular formula is C10H18O4S. The van der Waals surface area contributed by atoms with E-state index in [9.17, 15) is 8.42 Å². The normalized spacial score (nSPS) is 24.6. The van der Waals surface area contributed by atoms with E-state index < -0.39 is 9.84 Å². The highest BCUT2D eigenvalue weighted by Gasteiger charge is 2.23. The summed E-state index contributed by atoms with van der Waals surface area (Å²) in [5.41, 5.74) is -0.221. The van der Waals surface area contributed by atoms with Gasteiger partial charge in [0.15, 0.2) is 9.84 Å². The molecule has 1 aliphatic heterocycles. The lowest BCUT2D eigenvalue weighted by molar-refractivity contribution is -0.0155. The number of ether oxygens (including phenoxy) is 2. The van der Waals surface area contributed by atoms with Gasteiger partial charge in [0.25, 0.3) is 0 Å². The molecule has 0 aromatic carbocycles.